The summed E-state index contributed by atoms with van der Waals surface area (Å²) in [7, 11) is 0. The van der Waals surface area contributed by atoms with E-state index in [1.807, 2.05) is 4.90 Å². The number of hydrogen-bond donors (Lipinski definition) is 1. The summed E-state index contributed by atoms with van der Waals surface area (Å²) in [6, 6.07) is -0.247. The first-order chi connectivity index (χ1) is 10.1. The molecule has 3 rings (SSSR count). The zero-order valence-corrected chi connectivity index (χ0v) is 13.4. The lowest BCUT2D eigenvalue weighted by Crippen LogP contribution is -2.49. The van der Waals surface area contributed by atoms with Crippen molar-refractivity contribution in [3.8, 4) is 0 Å². The maximum absolute atomic E-state index is 12.7. The van der Waals surface area contributed by atoms with Crippen LogP contribution in [0.4, 0.5) is 5.13 Å². The van der Waals surface area contributed by atoms with Crippen molar-refractivity contribution in [2.75, 3.05) is 31.6 Å². The van der Waals surface area contributed by atoms with E-state index in [0.717, 1.165) is 11.0 Å². The van der Waals surface area contributed by atoms with Gasteiger partial charge in [0.05, 0.1) is 13.2 Å². The quantitative estimate of drug-likeness (QED) is 0.897. The van der Waals surface area contributed by atoms with Gasteiger partial charge in [0, 0.05) is 30.5 Å². The Morgan fingerprint density at radius 1 is 1.38 bits per heavy atom. The van der Waals surface area contributed by atoms with Crippen LogP contribution >= 0.6 is 11.5 Å². The Hall–Kier alpha value is -1.21. The average Bonchev–Trinajstić information content (AvgIpc) is 3.24. The van der Waals surface area contributed by atoms with Gasteiger partial charge in [0.15, 0.2) is 0 Å². The number of amides is 1. The molecule has 1 amide bonds. The van der Waals surface area contributed by atoms with Gasteiger partial charge in [0.25, 0.3) is 0 Å². The fourth-order valence-electron chi connectivity index (χ4n) is 2.43. The van der Waals surface area contributed by atoms with Crippen LogP contribution in [0.2, 0.25) is 0 Å². The van der Waals surface area contributed by atoms with E-state index in [1.54, 1.807) is 0 Å². The van der Waals surface area contributed by atoms with Crippen LogP contribution in [-0.4, -0.2) is 52.5 Å². The van der Waals surface area contributed by atoms with Crippen LogP contribution in [0.3, 0.4) is 0 Å². The van der Waals surface area contributed by atoms with Gasteiger partial charge in [-0.1, -0.05) is 13.8 Å². The summed E-state index contributed by atoms with van der Waals surface area (Å²) in [4.78, 5) is 19.1. The molecule has 1 aliphatic carbocycles. The number of anilines is 1. The van der Waals surface area contributed by atoms with E-state index >= 15 is 0 Å². The third-order valence-electron chi connectivity index (χ3n) is 3.92. The van der Waals surface area contributed by atoms with Crippen molar-refractivity contribution in [1.82, 2.24) is 14.3 Å². The second-order valence-electron chi connectivity index (χ2n) is 6.04. The number of carbonyl (C=O) groups is 1. The van der Waals surface area contributed by atoms with Crippen molar-refractivity contribution in [3.05, 3.63) is 5.82 Å². The Balaban J connectivity index is 1.66. The minimum Gasteiger partial charge on any atom is -0.378 e. The lowest BCUT2D eigenvalue weighted by molar-refractivity contribution is -0.137. The minimum absolute atomic E-state index is 0.136. The van der Waals surface area contributed by atoms with E-state index in [0.29, 0.717) is 32.2 Å². The maximum atomic E-state index is 12.7. The molecule has 1 aliphatic heterocycles. The Morgan fingerprint density at radius 2 is 2.10 bits per heavy atom. The predicted octanol–water partition coefficient (Wildman–Crippen LogP) is 1.71. The Labute approximate surface area is 129 Å². The zero-order chi connectivity index (χ0) is 14.8. The fraction of sp³-hybridized carbons (Fsp3) is 0.786. The van der Waals surface area contributed by atoms with Gasteiger partial charge in [0.2, 0.25) is 11.0 Å². The van der Waals surface area contributed by atoms with Gasteiger partial charge in [-0.2, -0.15) is 4.37 Å². The summed E-state index contributed by atoms with van der Waals surface area (Å²) in [5, 5.41) is 4.05. The summed E-state index contributed by atoms with van der Waals surface area (Å²) in [5.74, 6) is 1.82. The number of hydrogen-bond acceptors (Lipinski definition) is 6. The van der Waals surface area contributed by atoms with Gasteiger partial charge in [-0.25, -0.2) is 4.98 Å². The Morgan fingerprint density at radius 3 is 2.71 bits per heavy atom. The minimum atomic E-state index is -0.247. The molecule has 0 aromatic carbocycles. The topological polar surface area (TPSA) is 67.4 Å². The van der Waals surface area contributed by atoms with Gasteiger partial charge in [-0.15, -0.1) is 0 Å². The molecule has 2 heterocycles. The van der Waals surface area contributed by atoms with Crippen LogP contribution in [0.1, 0.15) is 38.4 Å². The molecule has 0 unspecified atom stereocenters. The Bertz CT molecular complexity index is 495. The van der Waals surface area contributed by atoms with Crippen molar-refractivity contribution in [1.29, 1.82) is 0 Å². The SMILES string of the molecule is CC(C)[C@H](Nc1nc(C2CC2)ns1)C(=O)N1CCOCC1. The van der Waals surface area contributed by atoms with Crippen molar-refractivity contribution in [2.45, 2.75) is 38.6 Å². The summed E-state index contributed by atoms with van der Waals surface area (Å²) in [6.07, 6.45) is 2.38. The first-order valence-corrected chi connectivity index (χ1v) is 8.39. The van der Waals surface area contributed by atoms with Gasteiger partial charge in [-0.05, 0) is 18.8 Å². The van der Waals surface area contributed by atoms with Crippen LogP contribution in [-0.2, 0) is 9.53 Å². The van der Waals surface area contributed by atoms with Gasteiger partial charge < -0.3 is 15.0 Å². The highest BCUT2D eigenvalue weighted by Gasteiger charge is 2.31. The molecule has 1 saturated carbocycles. The number of nitrogens with zero attached hydrogens (tertiary/aromatic N) is 3. The van der Waals surface area contributed by atoms with Crippen molar-refractivity contribution in [2.24, 2.45) is 5.92 Å². The smallest absolute Gasteiger partial charge is 0.245 e. The van der Waals surface area contributed by atoms with Gasteiger partial charge in [0.1, 0.15) is 11.9 Å². The molecule has 1 aromatic heterocycles. The maximum Gasteiger partial charge on any atom is 0.245 e. The van der Waals surface area contributed by atoms with E-state index in [2.05, 4.69) is 28.5 Å². The van der Waals surface area contributed by atoms with Crippen molar-refractivity contribution >= 4 is 22.6 Å². The lowest BCUT2D eigenvalue weighted by atomic mass is 10.0. The van der Waals surface area contributed by atoms with Crippen LogP contribution < -0.4 is 5.32 Å². The van der Waals surface area contributed by atoms with E-state index in [-0.39, 0.29) is 17.9 Å². The first kappa shape index (κ1) is 14.7. The largest absolute Gasteiger partial charge is 0.378 e. The molecule has 7 heteroatoms. The number of carbonyl (C=O) groups excluding carboxylic acids is 1. The second kappa shape index (κ2) is 6.27. The zero-order valence-electron chi connectivity index (χ0n) is 12.5. The molecular formula is C14H22N4O2S. The highest BCUT2D eigenvalue weighted by atomic mass is 32.1. The predicted molar refractivity (Wildman–Crippen MR) is 81.5 cm³/mol. The molecule has 2 aliphatic rings. The summed E-state index contributed by atoms with van der Waals surface area (Å²) in [5.41, 5.74) is 0. The summed E-state index contributed by atoms with van der Waals surface area (Å²) in [6.45, 7) is 6.71. The first-order valence-electron chi connectivity index (χ1n) is 7.62. The van der Waals surface area contributed by atoms with E-state index < -0.39 is 0 Å². The summed E-state index contributed by atoms with van der Waals surface area (Å²) < 4.78 is 9.70. The highest BCUT2D eigenvalue weighted by Crippen LogP contribution is 2.39. The van der Waals surface area contributed by atoms with Crippen molar-refractivity contribution < 1.29 is 9.53 Å². The molecule has 21 heavy (non-hydrogen) atoms. The number of aromatic nitrogens is 2. The number of morpholine rings is 1. The lowest BCUT2D eigenvalue weighted by Gasteiger charge is -2.32. The van der Waals surface area contributed by atoms with Crippen LogP contribution in [0.15, 0.2) is 0 Å². The molecular weight excluding hydrogens is 288 g/mol. The molecule has 1 atom stereocenters. The van der Waals surface area contributed by atoms with E-state index in [1.165, 1.54) is 24.4 Å². The molecule has 6 nitrogen and oxygen atoms in total. The standard InChI is InChI=1S/C14H22N4O2S/c1-9(2)11(13(19)18-5-7-20-8-6-18)15-14-16-12(17-21-14)10-3-4-10/h9-11H,3-8H2,1-2H3,(H,15,16,17)/t11-/m0/s1. The molecule has 1 N–H and O–H groups in total. The van der Waals surface area contributed by atoms with E-state index in [4.69, 9.17) is 4.74 Å². The molecule has 1 aromatic rings. The number of nitrogens with one attached hydrogen (secondary N) is 1. The normalized spacial score (nSPS) is 20.6. The molecule has 1 saturated heterocycles. The van der Waals surface area contributed by atoms with Crippen molar-refractivity contribution in [3.63, 3.8) is 0 Å². The second-order valence-corrected chi connectivity index (χ2v) is 6.79. The van der Waals surface area contributed by atoms with Crippen LogP contribution in [0, 0.1) is 5.92 Å². The third kappa shape index (κ3) is 3.52. The summed E-state index contributed by atoms with van der Waals surface area (Å²) >= 11 is 1.36. The molecule has 2 fully saturated rings. The number of ether oxygens (including phenoxy) is 1. The van der Waals surface area contributed by atoms with Gasteiger partial charge >= 0.3 is 0 Å². The van der Waals surface area contributed by atoms with Crippen LogP contribution in [0.5, 0.6) is 0 Å². The fourth-order valence-corrected chi connectivity index (χ4v) is 3.11. The van der Waals surface area contributed by atoms with E-state index in [9.17, 15) is 4.79 Å². The monoisotopic (exact) mass is 310 g/mol. The molecule has 116 valence electrons. The molecule has 0 bridgehead atoms. The third-order valence-corrected chi connectivity index (χ3v) is 4.58. The number of rotatable bonds is 5. The molecule has 0 spiro atoms. The van der Waals surface area contributed by atoms with Crippen LogP contribution in [0.25, 0.3) is 0 Å². The molecule has 0 radical (unpaired) electrons. The Kier molecular flexibility index (Phi) is 4.40. The average molecular weight is 310 g/mol. The van der Waals surface area contributed by atoms with Gasteiger partial charge in [-0.3, -0.25) is 4.79 Å². The highest BCUT2D eigenvalue weighted by molar-refractivity contribution is 7.09.